The van der Waals surface area contributed by atoms with Crippen LogP contribution in [-0.4, -0.2) is 37.2 Å². The largest absolute Gasteiger partial charge is 0.462 e. The summed E-state index contributed by atoms with van der Waals surface area (Å²) in [5.41, 5.74) is 0. The van der Waals surface area contributed by atoms with Crippen LogP contribution in [0.2, 0.25) is 0 Å². The number of unbranched alkanes of at least 4 members (excludes halogenated alkanes) is 25. The molecule has 0 fully saturated rings. The maximum atomic E-state index is 12.9. The van der Waals surface area contributed by atoms with E-state index in [1.165, 1.54) is 96.3 Å². The molecule has 0 aromatic rings. The number of carbonyl (C=O) groups excluding carboxylic acids is 3. The van der Waals surface area contributed by atoms with Gasteiger partial charge in [-0.25, -0.2) is 0 Å². The highest BCUT2D eigenvalue weighted by molar-refractivity contribution is 5.71. The summed E-state index contributed by atoms with van der Waals surface area (Å²) in [5, 5.41) is 0. The van der Waals surface area contributed by atoms with Crippen molar-refractivity contribution in [3.63, 3.8) is 0 Å². The van der Waals surface area contributed by atoms with E-state index in [4.69, 9.17) is 14.2 Å². The molecule has 464 valence electrons. The van der Waals surface area contributed by atoms with Crippen LogP contribution in [0, 0.1) is 0 Å². The second-order valence-electron chi connectivity index (χ2n) is 22.0. The minimum absolute atomic E-state index is 0.0928. The van der Waals surface area contributed by atoms with Crippen molar-refractivity contribution in [2.45, 2.75) is 303 Å². The van der Waals surface area contributed by atoms with Crippen LogP contribution in [0.5, 0.6) is 0 Å². The Hall–Kier alpha value is -4.71. The van der Waals surface area contributed by atoms with Crippen molar-refractivity contribution in [1.29, 1.82) is 0 Å². The van der Waals surface area contributed by atoms with Crippen LogP contribution in [0.1, 0.15) is 297 Å². The van der Waals surface area contributed by atoms with Gasteiger partial charge in [-0.2, -0.15) is 0 Å². The zero-order valence-corrected chi connectivity index (χ0v) is 53.2. The Morgan fingerprint density at radius 2 is 0.476 bits per heavy atom. The molecule has 0 bridgehead atoms. The molecular formula is C76H124O6. The zero-order chi connectivity index (χ0) is 59.2. The van der Waals surface area contributed by atoms with Gasteiger partial charge in [-0.15, -0.1) is 0 Å². The van der Waals surface area contributed by atoms with E-state index in [2.05, 4.69) is 167 Å². The second kappa shape index (κ2) is 68.8. The van der Waals surface area contributed by atoms with Crippen molar-refractivity contribution in [3.05, 3.63) is 146 Å². The van der Waals surface area contributed by atoms with Crippen molar-refractivity contribution in [2.75, 3.05) is 13.2 Å². The van der Waals surface area contributed by atoms with Crippen LogP contribution in [-0.2, 0) is 28.6 Å². The van der Waals surface area contributed by atoms with Gasteiger partial charge in [-0.05, 0) is 135 Å². The van der Waals surface area contributed by atoms with Gasteiger partial charge in [0.15, 0.2) is 6.10 Å². The van der Waals surface area contributed by atoms with Crippen molar-refractivity contribution in [2.24, 2.45) is 0 Å². The van der Waals surface area contributed by atoms with Gasteiger partial charge in [0.2, 0.25) is 0 Å². The maximum Gasteiger partial charge on any atom is 0.306 e. The number of hydrogen-bond donors (Lipinski definition) is 0. The lowest BCUT2D eigenvalue weighted by molar-refractivity contribution is -0.167. The minimum Gasteiger partial charge on any atom is -0.462 e. The summed E-state index contributed by atoms with van der Waals surface area (Å²) in [6.45, 7) is 6.36. The standard InChI is InChI=1S/C76H124O6/c1-4-7-10-13-16-19-22-25-28-30-32-34-36-37-38-39-41-42-44-46-48-51-54-57-60-63-66-69-75(78)81-72-73(71-80-74(77)68-65-62-59-56-53-50-27-24-21-18-15-12-9-6-3)82-76(79)70-67-64-61-58-55-52-49-47-45-43-40-35-33-31-29-26-23-20-17-14-11-8-5-2/h7-8,10-11,15-20,24-29,32-35,37-38,43,45,73H,4-6,9,12-14,21-23,30-31,36,39-42,44,46-72H2,1-3H3/b10-7-,11-8-,18-15-,19-16-,20-17-,27-24-,28-25-,29-26-,34-32-,35-33-,38-37-,45-43-. The predicted octanol–water partition coefficient (Wildman–Crippen LogP) is 23.5. The SMILES string of the molecule is CC/C=C\C/C=C\C/C=C\C/C=C\C/C=C\CCCCCCCCCCCCCC(=O)OCC(COC(=O)CCCCCCC/C=C\C/C=C\CCCC)OC(=O)CCCCCCCCC/C=C\C/C=C\C/C=C\C/C=C\C/C=C\CC. The molecule has 0 radical (unpaired) electrons. The van der Waals surface area contributed by atoms with Crippen molar-refractivity contribution >= 4 is 17.9 Å². The molecule has 0 aromatic carbocycles. The Kier molecular flexibility index (Phi) is 64.8. The van der Waals surface area contributed by atoms with E-state index in [0.717, 1.165) is 161 Å². The summed E-state index contributed by atoms with van der Waals surface area (Å²) in [7, 11) is 0. The third-order valence-corrected chi connectivity index (χ3v) is 14.1. The summed E-state index contributed by atoms with van der Waals surface area (Å²) < 4.78 is 16.9. The quantitative estimate of drug-likeness (QED) is 0.0261. The second-order valence-corrected chi connectivity index (χ2v) is 22.0. The first-order valence-electron chi connectivity index (χ1n) is 33.8. The van der Waals surface area contributed by atoms with Gasteiger partial charge in [0.1, 0.15) is 13.2 Å². The zero-order valence-electron chi connectivity index (χ0n) is 53.2. The molecule has 1 atom stereocenters. The predicted molar refractivity (Wildman–Crippen MR) is 357 cm³/mol. The first kappa shape index (κ1) is 77.3. The van der Waals surface area contributed by atoms with Crippen LogP contribution < -0.4 is 0 Å². The molecule has 0 aliphatic carbocycles. The molecule has 0 N–H and O–H groups in total. The van der Waals surface area contributed by atoms with Crippen LogP contribution in [0.25, 0.3) is 0 Å². The average Bonchev–Trinajstić information content (AvgIpc) is 3.48. The summed E-state index contributed by atoms with van der Waals surface area (Å²) in [5.74, 6) is -0.917. The number of hydrogen-bond acceptors (Lipinski definition) is 6. The first-order valence-corrected chi connectivity index (χ1v) is 33.8. The molecule has 6 nitrogen and oxygen atoms in total. The average molecular weight is 1130 g/mol. The molecule has 82 heavy (non-hydrogen) atoms. The van der Waals surface area contributed by atoms with E-state index in [-0.39, 0.29) is 31.1 Å². The van der Waals surface area contributed by atoms with E-state index >= 15 is 0 Å². The van der Waals surface area contributed by atoms with Crippen molar-refractivity contribution < 1.29 is 28.6 Å². The molecular weight excluding hydrogens is 1010 g/mol. The molecule has 0 rings (SSSR count). The Morgan fingerprint density at radius 1 is 0.256 bits per heavy atom. The fourth-order valence-corrected chi connectivity index (χ4v) is 9.04. The van der Waals surface area contributed by atoms with E-state index < -0.39 is 6.10 Å². The highest BCUT2D eigenvalue weighted by Crippen LogP contribution is 2.16. The van der Waals surface area contributed by atoms with Gasteiger partial charge in [-0.1, -0.05) is 289 Å². The Morgan fingerprint density at radius 3 is 0.744 bits per heavy atom. The highest BCUT2D eigenvalue weighted by Gasteiger charge is 2.19. The fourth-order valence-electron chi connectivity index (χ4n) is 9.04. The van der Waals surface area contributed by atoms with E-state index in [1.807, 2.05) is 0 Å². The van der Waals surface area contributed by atoms with Crippen molar-refractivity contribution in [3.8, 4) is 0 Å². The van der Waals surface area contributed by atoms with Crippen LogP contribution in [0.4, 0.5) is 0 Å². The molecule has 0 aromatic heterocycles. The number of esters is 3. The molecule has 0 amide bonds. The molecule has 6 heteroatoms. The molecule has 0 saturated heterocycles. The summed E-state index contributed by atoms with van der Waals surface area (Å²) in [4.78, 5) is 38.4. The van der Waals surface area contributed by atoms with Crippen molar-refractivity contribution in [1.82, 2.24) is 0 Å². The Labute approximate surface area is 506 Å². The third kappa shape index (κ3) is 66.1. The molecule has 0 aliphatic heterocycles. The van der Waals surface area contributed by atoms with Crippen LogP contribution >= 0.6 is 0 Å². The fraction of sp³-hybridized carbons (Fsp3) is 0.645. The lowest BCUT2D eigenvalue weighted by atomic mass is 10.0. The number of allylic oxidation sites excluding steroid dienone is 24. The van der Waals surface area contributed by atoms with Gasteiger partial charge in [0, 0.05) is 19.3 Å². The maximum absolute atomic E-state index is 12.9. The lowest BCUT2D eigenvalue weighted by Crippen LogP contribution is -2.30. The summed E-state index contributed by atoms with van der Waals surface area (Å²) >= 11 is 0. The van der Waals surface area contributed by atoms with E-state index in [9.17, 15) is 14.4 Å². The van der Waals surface area contributed by atoms with Gasteiger partial charge in [-0.3, -0.25) is 14.4 Å². The van der Waals surface area contributed by atoms with E-state index in [0.29, 0.717) is 19.3 Å². The normalized spacial score (nSPS) is 13.1. The summed E-state index contributed by atoms with van der Waals surface area (Å²) in [6, 6.07) is 0. The Balaban J connectivity index is 4.38. The van der Waals surface area contributed by atoms with Gasteiger partial charge in [0.25, 0.3) is 0 Å². The number of rotatable bonds is 60. The molecule has 0 aliphatic rings. The smallest absolute Gasteiger partial charge is 0.306 e. The van der Waals surface area contributed by atoms with Gasteiger partial charge in [0.05, 0.1) is 0 Å². The molecule has 0 saturated carbocycles. The van der Waals surface area contributed by atoms with Gasteiger partial charge >= 0.3 is 17.9 Å². The van der Waals surface area contributed by atoms with Gasteiger partial charge < -0.3 is 14.2 Å². The first-order chi connectivity index (χ1) is 40.5. The van der Waals surface area contributed by atoms with Crippen LogP contribution in [0.15, 0.2) is 146 Å². The molecule has 1 unspecified atom stereocenters. The van der Waals surface area contributed by atoms with E-state index in [1.54, 1.807) is 0 Å². The minimum atomic E-state index is -0.799. The lowest BCUT2D eigenvalue weighted by Gasteiger charge is -2.18. The molecule has 0 spiro atoms. The number of ether oxygens (including phenoxy) is 3. The number of carbonyl (C=O) groups is 3. The topological polar surface area (TPSA) is 78.9 Å². The Bertz CT molecular complexity index is 1780. The third-order valence-electron chi connectivity index (χ3n) is 14.1. The monoisotopic (exact) mass is 1130 g/mol. The molecule has 0 heterocycles. The summed E-state index contributed by atoms with van der Waals surface area (Å²) in [6.07, 6.45) is 98.5. The van der Waals surface area contributed by atoms with Crippen LogP contribution in [0.3, 0.4) is 0 Å². The highest BCUT2D eigenvalue weighted by atomic mass is 16.6.